The van der Waals surface area contributed by atoms with E-state index in [1.807, 2.05) is 0 Å². The monoisotopic (exact) mass is 221 g/mol. The summed E-state index contributed by atoms with van der Waals surface area (Å²) in [6, 6.07) is 6.43. The van der Waals surface area contributed by atoms with Crippen LogP contribution in [-0.4, -0.2) is 13.7 Å². The van der Waals surface area contributed by atoms with Gasteiger partial charge in [0.2, 0.25) is 0 Å². The molecule has 1 aromatic rings. The SMILES string of the molecule is COc1cc(C)ccc1CCCCCCN. The Morgan fingerprint density at radius 2 is 1.88 bits per heavy atom. The number of rotatable bonds is 7. The molecule has 0 spiro atoms. The fraction of sp³-hybridized carbons (Fsp3) is 0.571. The van der Waals surface area contributed by atoms with Gasteiger partial charge in [0.1, 0.15) is 5.75 Å². The van der Waals surface area contributed by atoms with Gasteiger partial charge < -0.3 is 10.5 Å². The van der Waals surface area contributed by atoms with E-state index in [1.54, 1.807) is 7.11 Å². The zero-order valence-electron chi connectivity index (χ0n) is 10.5. The fourth-order valence-electron chi connectivity index (χ4n) is 1.87. The number of hydrogen-bond donors (Lipinski definition) is 1. The van der Waals surface area contributed by atoms with Crippen LogP contribution in [0.1, 0.15) is 36.8 Å². The van der Waals surface area contributed by atoms with Crippen molar-refractivity contribution in [1.29, 1.82) is 0 Å². The van der Waals surface area contributed by atoms with E-state index in [4.69, 9.17) is 10.5 Å². The lowest BCUT2D eigenvalue weighted by Crippen LogP contribution is -1.98. The first-order valence-corrected chi connectivity index (χ1v) is 6.11. The van der Waals surface area contributed by atoms with E-state index in [2.05, 4.69) is 25.1 Å². The van der Waals surface area contributed by atoms with E-state index < -0.39 is 0 Å². The molecular formula is C14H23NO. The van der Waals surface area contributed by atoms with E-state index in [9.17, 15) is 0 Å². The molecule has 0 aliphatic rings. The standard InChI is InChI=1S/C14H23NO/c1-12-8-9-13(14(11-12)16-2)7-5-3-4-6-10-15/h8-9,11H,3-7,10,15H2,1-2H3. The molecule has 2 N–H and O–H groups in total. The molecule has 0 bridgehead atoms. The van der Waals surface area contributed by atoms with Crippen LogP contribution in [-0.2, 0) is 6.42 Å². The number of nitrogens with two attached hydrogens (primary N) is 1. The van der Waals surface area contributed by atoms with E-state index in [0.29, 0.717) is 0 Å². The number of aryl methyl sites for hydroxylation is 2. The largest absolute Gasteiger partial charge is 0.496 e. The van der Waals surface area contributed by atoms with Crippen molar-refractivity contribution in [3.05, 3.63) is 29.3 Å². The quantitative estimate of drug-likeness (QED) is 0.718. The third-order valence-electron chi connectivity index (χ3n) is 2.84. The topological polar surface area (TPSA) is 35.2 Å². The van der Waals surface area contributed by atoms with Crippen molar-refractivity contribution in [2.75, 3.05) is 13.7 Å². The smallest absolute Gasteiger partial charge is 0.122 e. The van der Waals surface area contributed by atoms with Crippen molar-refractivity contribution >= 4 is 0 Å². The number of unbranched alkanes of at least 4 members (excludes halogenated alkanes) is 3. The molecule has 0 aliphatic heterocycles. The van der Waals surface area contributed by atoms with Crippen molar-refractivity contribution in [2.24, 2.45) is 5.73 Å². The Morgan fingerprint density at radius 1 is 1.12 bits per heavy atom. The predicted octanol–water partition coefficient (Wildman–Crippen LogP) is 3.07. The second-order valence-electron chi connectivity index (χ2n) is 4.27. The minimum atomic E-state index is 0.813. The molecule has 0 radical (unpaired) electrons. The fourth-order valence-corrected chi connectivity index (χ4v) is 1.87. The maximum Gasteiger partial charge on any atom is 0.122 e. The third-order valence-corrected chi connectivity index (χ3v) is 2.84. The maximum absolute atomic E-state index is 5.46. The first kappa shape index (κ1) is 13.0. The molecule has 1 rings (SSSR count). The number of hydrogen-bond acceptors (Lipinski definition) is 2. The molecule has 16 heavy (non-hydrogen) atoms. The molecule has 0 fully saturated rings. The zero-order chi connectivity index (χ0) is 11.8. The van der Waals surface area contributed by atoms with Gasteiger partial charge in [-0.3, -0.25) is 0 Å². The Balaban J connectivity index is 2.41. The third kappa shape index (κ3) is 4.23. The highest BCUT2D eigenvalue weighted by atomic mass is 16.5. The molecule has 0 atom stereocenters. The zero-order valence-corrected chi connectivity index (χ0v) is 10.5. The van der Waals surface area contributed by atoms with Crippen molar-refractivity contribution in [3.8, 4) is 5.75 Å². The summed E-state index contributed by atoms with van der Waals surface area (Å²) in [7, 11) is 1.74. The summed E-state index contributed by atoms with van der Waals surface area (Å²) in [5.74, 6) is 1.03. The number of benzene rings is 1. The highest BCUT2D eigenvalue weighted by Gasteiger charge is 2.02. The minimum Gasteiger partial charge on any atom is -0.496 e. The summed E-state index contributed by atoms with van der Waals surface area (Å²) in [6.45, 7) is 2.90. The van der Waals surface area contributed by atoms with Crippen LogP contribution in [0.2, 0.25) is 0 Å². The van der Waals surface area contributed by atoms with Gasteiger partial charge in [-0.05, 0) is 49.9 Å². The normalized spacial score (nSPS) is 10.4. The van der Waals surface area contributed by atoms with Crippen LogP contribution in [0.5, 0.6) is 5.75 Å². The minimum absolute atomic E-state index is 0.813. The van der Waals surface area contributed by atoms with Gasteiger partial charge in [-0.25, -0.2) is 0 Å². The van der Waals surface area contributed by atoms with Crippen molar-refractivity contribution in [2.45, 2.75) is 39.0 Å². The average Bonchev–Trinajstić information content (AvgIpc) is 2.30. The summed E-state index contributed by atoms with van der Waals surface area (Å²) >= 11 is 0. The van der Waals surface area contributed by atoms with Gasteiger partial charge in [-0.2, -0.15) is 0 Å². The molecule has 2 nitrogen and oxygen atoms in total. The van der Waals surface area contributed by atoms with Crippen LogP contribution >= 0.6 is 0 Å². The Kier molecular flexibility index (Phi) is 5.94. The lowest BCUT2D eigenvalue weighted by Gasteiger charge is -2.09. The molecule has 0 aliphatic carbocycles. The molecule has 2 heteroatoms. The van der Waals surface area contributed by atoms with E-state index in [-0.39, 0.29) is 0 Å². The Bertz CT molecular complexity index is 310. The van der Waals surface area contributed by atoms with E-state index in [1.165, 1.54) is 30.4 Å². The molecule has 0 saturated heterocycles. The maximum atomic E-state index is 5.46. The molecule has 0 heterocycles. The van der Waals surface area contributed by atoms with Crippen LogP contribution in [0.15, 0.2) is 18.2 Å². The van der Waals surface area contributed by atoms with Gasteiger partial charge in [0.25, 0.3) is 0 Å². The Labute approximate surface area is 98.8 Å². The van der Waals surface area contributed by atoms with Gasteiger partial charge >= 0.3 is 0 Å². The summed E-state index contributed by atoms with van der Waals surface area (Å²) in [6.07, 6.45) is 5.97. The van der Waals surface area contributed by atoms with Crippen LogP contribution < -0.4 is 10.5 Å². The van der Waals surface area contributed by atoms with E-state index in [0.717, 1.165) is 25.1 Å². The van der Waals surface area contributed by atoms with Crippen LogP contribution in [0, 0.1) is 6.92 Å². The van der Waals surface area contributed by atoms with Crippen molar-refractivity contribution in [3.63, 3.8) is 0 Å². The molecule has 0 saturated carbocycles. The van der Waals surface area contributed by atoms with Gasteiger partial charge in [-0.15, -0.1) is 0 Å². The molecule has 0 aromatic heterocycles. The molecule has 1 aromatic carbocycles. The highest BCUT2D eigenvalue weighted by Crippen LogP contribution is 2.22. The number of methoxy groups -OCH3 is 1. The Hall–Kier alpha value is -1.02. The summed E-state index contributed by atoms with van der Waals surface area (Å²) in [5, 5.41) is 0. The van der Waals surface area contributed by atoms with E-state index >= 15 is 0 Å². The molecule has 90 valence electrons. The molecule has 0 unspecified atom stereocenters. The lowest BCUT2D eigenvalue weighted by atomic mass is 10.0. The first-order valence-electron chi connectivity index (χ1n) is 6.11. The van der Waals surface area contributed by atoms with Crippen LogP contribution in [0.25, 0.3) is 0 Å². The first-order chi connectivity index (χ1) is 7.77. The second-order valence-corrected chi connectivity index (χ2v) is 4.27. The second kappa shape index (κ2) is 7.29. The van der Waals surface area contributed by atoms with Gasteiger partial charge in [-0.1, -0.05) is 25.0 Å². The van der Waals surface area contributed by atoms with Crippen molar-refractivity contribution in [1.82, 2.24) is 0 Å². The number of ether oxygens (including phenoxy) is 1. The van der Waals surface area contributed by atoms with Gasteiger partial charge in [0.15, 0.2) is 0 Å². The van der Waals surface area contributed by atoms with Crippen LogP contribution in [0.4, 0.5) is 0 Å². The lowest BCUT2D eigenvalue weighted by molar-refractivity contribution is 0.408. The summed E-state index contributed by atoms with van der Waals surface area (Å²) < 4.78 is 5.38. The van der Waals surface area contributed by atoms with Crippen molar-refractivity contribution < 1.29 is 4.74 Å². The predicted molar refractivity (Wildman–Crippen MR) is 69.0 cm³/mol. The van der Waals surface area contributed by atoms with Crippen LogP contribution in [0.3, 0.4) is 0 Å². The summed E-state index contributed by atoms with van der Waals surface area (Å²) in [5.41, 5.74) is 8.04. The molecular weight excluding hydrogens is 198 g/mol. The van der Waals surface area contributed by atoms with Gasteiger partial charge in [0.05, 0.1) is 7.11 Å². The van der Waals surface area contributed by atoms with Gasteiger partial charge in [0, 0.05) is 0 Å². The molecule has 0 amide bonds. The highest BCUT2D eigenvalue weighted by molar-refractivity contribution is 5.37. The summed E-state index contributed by atoms with van der Waals surface area (Å²) in [4.78, 5) is 0. The Morgan fingerprint density at radius 3 is 2.56 bits per heavy atom. The average molecular weight is 221 g/mol.